The molecule has 3 N–H and O–H groups in total. The molecule has 0 radical (unpaired) electrons. The van der Waals surface area contributed by atoms with Crippen molar-refractivity contribution >= 4 is 11.9 Å². The van der Waals surface area contributed by atoms with E-state index in [0.717, 1.165) is 13.0 Å². The third-order valence-electron chi connectivity index (χ3n) is 2.49. The average molecular weight is 226 g/mol. The van der Waals surface area contributed by atoms with Crippen LogP contribution in [0.25, 0.3) is 0 Å². The van der Waals surface area contributed by atoms with Crippen molar-refractivity contribution in [3.63, 3.8) is 0 Å². The summed E-state index contributed by atoms with van der Waals surface area (Å²) in [5.41, 5.74) is 5.79. The van der Waals surface area contributed by atoms with E-state index in [0.29, 0.717) is 13.0 Å². The topological polar surface area (TPSA) is 81.4 Å². The van der Waals surface area contributed by atoms with E-state index in [-0.39, 0.29) is 17.9 Å². The van der Waals surface area contributed by atoms with Crippen LogP contribution in [0, 0.1) is 5.92 Å². The lowest BCUT2D eigenvalue weighted by molar-refractivity contribution is -0.137. The molecule has 1 rings (SSSR count). The van der Waals surface area contributed by atoms with Gasteiger partial charge in [0.15, 0.2) is 0 Å². The minimum Gasteiger partial charge on any atom is -0.463 e. The Labute approximate surface area is 95.0 Å². The fraction of sp³-hybridized carbons (Fsp3) is 0.636. The van der Waals surface area contributed by atoms with Gasteiger partial charge in [-0.05, 0) is 19.8 Å². The lowest BCUT2D eigenvalue weighted by Gasteiger charge is -2.10. The number of carbonyl (C=O) groups excluding carboxylic acids is 2. The van der Waals surface area contributed by atoms with Crippen LogP contribution in [0.5, 0.6) is 0 Å². The first kappa shape index (κ1) is 12.7. The molecule has 1 aliphatic heterocycles. The number of hydrogen-bond acceptors (Lipinski definition) is 4. The van der Waals surface area contributed by atoms with Crippen molar-refractivity contribution in [2.45, 2.75) is 25.8 Å². The van der Waals surface area contributed by atoms with E-state index < -0.39 is 5.97 Å². The second kappa shape index (κ2) is 6.27. The summed E-state index contributed by atoms with van der Waals surface area (Å²) in [6, 6.07) is -0.279. The predicted octanol–water partition coefficient (Wildman–Crippen LogP) is -0.0408. The van der Waals surface area contributed by atoms with E-state index in [9.17, 15) is 9.59 Å². The van der Waals surface area contributed by atoms with Gasteiger partial charge in [0.05, 0.1) is 6.61 Å². The number of nitrogens with two attached hydrogens (primary N) is 1. The number of amides is 1. The lowest BCUT2D eigenvalue weighted by Crippen LogP contribution is -2.26. The zero-order chi connectivity index (χ0) is 12.0. The van der Waals surface area contributed by atoms with Crippen molar-refractivity contribution in [2.24, 2.45) is 11.7 Å². The summed E-state index contributed by atoms with van der Waals surface area (Å²) < 4.78 is 4.72. The minimum atomic E-state index is -0.395. The van der Waals surface area contributed by atoms with Crippen LogP contribution in [0.15, 0.2) is 12.2 Å². The van der Waals surface area contributed by atoms with E-state index in [1.54, 1.807) is 13.0 Å². The smallest absolute Gasteiger partial charge is 0.330 e. The van der Waals surface area contributed by atoms with Crippen molar-refractivity contribution in [3.05, 3.63) is 12.2 Å². The van der Waals surface area contributed by atoms with Gasteiger partial charge in [0.1, 0.15) is 0 Å². The van der Waals surface area contributed by atoms with Gasteiger partial charge in [-0.2, -0.15) is 0 Å². The molecule has 2 unspecified atom stereocenters. The Morgan fingerprint density at radius 1 is 1.75 bits per heavy atom. The molecule has 2 atom stereocenters. The molecular formula is C11H18N2O3. The van der Waals surface area contributed by atoms with Gasteiger partial charge in [-0.1, -0.05) is 6.08 Å². The Balaban J connectivity index is 2.32. The number of esters is 1. The van der Waals surface area contributed by atoms with Gasteiger partial charge in [-0.25, -0.2) is 4.79 Å². The Morgan fingerprint density at radius 2 is 2.50 bits per heavy atom. The van der Waals surface area contributed by atoms with E-state index in [1.165, 1.54) is 6.08 Å². The maximum atomic E-state index is 11.3. The van der Waals surface area contributed by atoms with Crippen molar-refractivity contribution in [2.75, 3.05) is 13.2 Å². The van der Waals surface area contributed by atoms with Crippen molar-refractivity contribution in [1.29, 1.82) is 0 Å². The first-order valence-corrected chi connectivity index (χ1v) is 5.51. The molecule has 0 aliphatic carbocycles. The van der Waals surface area contributed by atoms with Crippen molar-refractivity contribution in [1.82, 2.24) is 5.32 Å². The number of hydrogen-bond donors (Lipinski definition) is 2. The Morgan fingerprint density at radius 3 is 3.06 bits per heavy atom. The standard InChI is InChI=1S/C11H18N2O3/c1-2-16-10(14)4-3-9(12)7-8-5-6-13-11(8)15/h3-4,8-9H,2,5-7,12H2,1H3,(H,13,15). The van der Waals surface area contributed by atoms with Crippen molar-refractivity contribution < 1.29 is 14.3 Å². The normalized spacial score (nSPS) is 22.1. The summed E-state index contributed by atoms with van der Waals surface area (Å²) >= 11 is 0. The van der Waals surface area contributed by atoms with E-state index in [4.69, 9.17) is 10.5 Å². The first-order chi connectivity index (χ1) is 7.63. The van der Waals surface area contributed by atoms with Gasteiger partial charge < -0.3 is 15.8 Å². The second-order valence-corrected chi connectivity index (χ2v) is 3.79. The molecule has 0 saturated carbocycles. The summed E-state index contributed by atoms with van der Waals surface area (Å²) in [6.07, 6.45) is 4.30. The van der Waals surface area contributed by atoms with E-state index >= 15 is 0 Å². The lowest BCUT2D eigenvalue weighted by atomic mass is 9.99. The number of ether oxygens (including phenoxy) is 1. The number of carbonyl (C=O) groups is 2. The highest BCUT2D eigenvalue weighted by molar-refractivity contribution is 5.82. The fourth-order valence-corrected chi connectivity index (χ4v) is 1.67. The van der Waals surface area contributed by atoms with Gasteiger partial charge >= 0.3 is 5.97 Å². The zero-order valence-corrected chi connectivity index (χ0v) is 9.44. The van der Waals surface area contributed by atoms with Crippen LogP contribution in [0.3, 0.4) is 0 Å². The summed E-state index contributed by atoms with van der Waals surface area (Å²) in [4.78, 5) is 22.3. The van der Waals surface area contributed by atoms with Gasteiger partial charge in [0, 0.05) is 24.6 Å². The first-order valence-electron chi connectivity index (χ1n) is 5.51. The second-order valence-electron chi connectivity index (χ2n) is 3.79. The number of rotatable bonds is 5. The maximum Gasteiger partial charge on any atom is 0.330 e. The fourth-order valence-electron chi connectivity index (χ4n) is 1.67. The molecule has 5 nitrogen and oxygen atoms in total. The highest BCUT2D eigenvalue weighted by Gasteiger charge is 2.25. The van der Waals surface area contributed by atoms with Crippen molar-refractivity contribution in [3.8, 4) is 0 Å². The molecule has 1 fully saturated rings. The Kier molecular flexibility index (Phi) is 4.98. The summed E-state index contributed by atoms with van der Waals surface area (Å²) in [7, 11) is 0. The summed E-state index contributed by atoms with van der Waals surface area (Å²) in [5, 5.41) is 2.75. The number of nitrogens with one attached hydrogen (secondary N) is 1. The third kappa shape index (κ3) is 4.02. The monoisotopic (exact) mass is 226 g/mol. The molecule has 1 aliphatic rings. The molecule has 1 heterocycles. The molecule has 0 aromatic carbocycles. The van der Waals surface area contributed by atoms with Gasteiger partial charge in [0.2, 0.25) is 5.91 Å². The molecule has 1 saturated heterocycles. The van der Waals surface area contributed by atoms with Crippen LogP contribution in [-0.2, 0) is 14.3 Å². The maximum absolute atomic E-state index is 11.3. The zero-order valence-electron chi connectivity index (χ0n) is 9.44. The van der Waals surface area contributed by atoms with Crippen LogP contribution in [-0.4, -0.2) is 31.1 Å². The van der Waals surface area contributed by atoms with Crippen LogP contribution in [0.1, 0.15) is 19.8 Å². The van der Waals surface area contributed by atoms with Gasteiger partial charge in [-0.3, -0.25) is 4.79 Å². The van der Waals surface area contributed by atoms with Crippen LogP contribution in [0.4, 0.5) is 0 Å². The largest absolute Gasteiger partial charge is 0.463 e. The molecule has 0 bridgehead atoms. The molecule has 5 heteroatoms. The Bertz CT molecular complexity index is 289. The van der Waals surface area contributed by atoms with E-state index in [2.05, 4.69) is 5.32 Å². The molecule has 0 spiro atoms. The molecule has 1 amide bonds. The predicted molar refractivity (Wildman–Crippen MR) is 59.5 cm³/mol. The molecule has 90 valence electrons. The molecule has 16 heavy (non-hydrogen) atoms. The highest BCUT2D eigenvalue weighted by atomic mass is 16.5. The molecule has 0 aromatic heterocycles. The van der Waals surface area contributed by atoms with Crippen LogP contribution >= 0.6 is 0 Å². The van der Waals surface area contributed by atoms with Gasteiger partial charge in [-0.15, -0.1) is 0 Å². The Hall–Kier alpha value is -1.36. The minimum absolute atomic E-state index is 0.0261. The highest BCUT2D eigenvalue weighted by Crippen LogP contribution is 2.15. The quantitative estimate of drug-likeness (QED) is 0.509. The third-order valence-corrected chi connectivity index (χ3v) is 2.49. The van der Waals surface area contributed by atoms with Crippen LogP contribution < -0.4 is 11.1 Å². The van der Waals surface area contributed by atoms with Crippen LogP contribution in [0.2, 0.25) is 0 Å². The molecular weight excluding hydrogens is 208 g/mol. The summed E-state index contributed by atoms with van der Waals surface area (Å²) in [5.74, 6) is -0.365. The molecule has 0 aromatic rings. The summed E-state index contributed by atoms with van der Waals surface area (Å²) in [6.45, 7) is 2.82. The SMILES string of the molecule is CCOC(=O)C=CC(N)CC1CCNC1=O. The average Bonchev–Trinajstić information content (AvgIpc) is 2.62. The van der Waals surface area contributed by atoms with Gasteiger partial charge in [0.25, 0.3) is 0 Å². The van der Waals surface area contributed by atoms with E-state index in [1.807, 2.05) is 0 Å².